The minimum absolute atomic E-state index is 0.683. The highest BCUT2D eigenvalue weighted by Gasteiger charge is 2.17. The van der Waals surface area contributed by atoms with Gasteiger partial charge in [0.1, 0.15) is 5.75 Å². The average Bonchev–Trinajstić information content (AvgIpc) is 2.88. The van der Waals surface area contributed by atoms with E-state index in [9.17, 15) is 0 Å². The van der Waals surface area contributed by atoms with E-state index in [0.717, 1.165) is 56.4 Å². The van der Waals surface area contributed by atoms with Gasteiger partial charge in [-0.1, -0.05) is 60.7 Å². The predicted molar refractivity (Wildman–Crippen MR) is 139 cm³/mol. The van der Waals surface area contributed by atoms with Crippen LogP contribution in [0, 0.1) is 0 Å². The second-order valence-electron chi connectivity index (χ2n) is 8.06. The molecule has 5 nitrogen and oxygen atoms in total. The van der Waals surface area contributed by atoms with Gasteiger partial charge in [-0.2, -0.15) is 0 Å². The SMILES string of the molecule is COc1ccccc1CN(CCN1CCOCC1)C(=S)Nc1ccc(-c2ccccc2)cc1. The number of nitrogens with zero attached hydrogens (tertiary/aromatic N) is 2. The Labute approximate surface area is 201 Å². The van der Waals surface area contributed by atoms with Gasteiger partial charge in [-0.15, -0.1) is 0 Å². The van der Waals surface area contributed by atoms with E-state index in [4.69, 9.17) is 21.7 Å². The Kier molecular flexibility index (Phi) is 8.30. The average molecular weight is 462 g/mol. The summed E-state index contributed by atoms with van der Waals surface area (Å²) in [6, 6.07) is 26.9. The number of hydrogen-bond donors (Lipinski definition) is 1. The third-order valence-corrected chi connectivity index (χ3v) is 6.23. The number of anilines is 1. The lowest BCUT2D eigenvalue weighted by atomic mass is 10.1. The van der Waals surface area contributed by atoms with Crippen molar-refractivity contribution in [1.29, 1.82) is 0 Å². The maximum absolute atomic E-state index is 5.86. The molecule has 0 spiro atoms. The molecule has 33 heavy (non-hydrogen) atoms. The van der Waals surface area contributed by atoms with Gasteiger partial charge in [-0.05, 0) is 41.5 Å². The number of para-hydroxylation sites is 1. The molecule has 0 aliphatic carbocycles. The topological polar surface area (TPSA) is 37.0 Å². The Morgan fingerprint density at radius 3 is 2.33 bits per heavy atom. The Balaban J connectivity index is 1.45. The van der Waals surface area contributed by atoms with Crippen LogP contribution in [-0.2, 0) is 11.3 Å². The number of methoxy groups -OCH3 is 1. The Morgan fingerprint density at radius 1 is 0.939 bits per heavy atom. The highest BCUT2D eigenvalue weighted by Crippen LogP contribution is 2.23. The zero-order valence-corrected chi connectivity index (χ0v) is 19.9. The van der Waals surface area contributed by atoms with E-state index >= 15 is 0 Å². The molecule has 1 heterocycles. The van der Waals surface area contributed by atoms with E-state index in [-0.39, 0.29) is 0 Å². The molecule has 1 aliphatic rings. The Morgan fingerprint density at radius 2 is 1.61 bits per heavy atom. The lowest BCUT2D eigenvalue weighted by molar-refractivity contribution is 0.0358. The molecule has 3 aromatic carbocycles. The zero-order valence-electron chi connectivity index (χ0n) is 19.1. The van der Waals surface area contributed by atoms with Gasteiger partial charge in [-0.25, -0.2) is 0 Å². The number of morpholine rings is 1. The van der Waals surface area contributed by atoms with Gasteiger partial charge >= 0.3 is 0 Å². The molecule has 0 radical (unpaired) electrons. The standard InChI is InChI=1S/C27H31N3O2S/c1-31-26-10-6-5-9-24(26)21-30(16-15-29-17-19-32-20-18-29)27(33)28-25-13-11-23(12-14-25)22-7-3-2-4-8-22/h2-14H,15-21H2,1H3,(H,28,33). The molecule has 0 bridgehead atoms. The third-order valence-electron chi connectivity index (χ3n) is 5.87. The van der Waals surface area contributed by atoms with E-state index in [1.165, 1.54) is 11.1 Å². The van der Waals surface area contributed by atoms with Crippen LogP contribution in [0.3, 0.4) is 0 Å². The number of nitrogens with one attached hydrogen (secondary N) is 1. The largest absolute Gasteiger partial charge is 0.496 e. The first-order valence-corrected chi connectivity index (χ1v) is 11.8. The van der Waals surface area contributed by atoms with Crippen molar-refractivity contribution in [2.75, 3.05) is 51.8 Å². The molecule has 1 N–H and O–H groups in total. The van der Waals surface area contributed by atoms with Gasteiger partial charge in [0.2, 0.25) is 0 Å². The fourth-order valence-electron chi connectivity index (χ4n) is 3.96. The maximum Gasteiger partial charge on any atom is 0.173 e. The summed E-state index contributed by atoms with van der Waals surface area (Å²) in [4.78, 5) is 4.64. The molecular weight excluding hydrogens is 430 g/mol. The van der Waals surface area contributed by atoms with Crippen LogP contribution in [-0.4, -0.2) is 61.4 Å². The number of benzene rings is 3. The first kappa shape index (κ1) is 23.2. The van der Waals surface area contributed by atoms with Crippen molar-refractivity contribution in [3.05, 3.63) is 84.4 Å². The second-order valence-corrected chi connectivity index (χ2v) is 8.45. The molecule has 1 saturated heterocycles. The highest BCUT2D eigenvalue weighted by molar-refractivity contribution is 7.80. The van der Waals surface area contributed by atoms with Gasteiger partial charge in [0.05, 0.1) is 20.3 Å². The van der Waals surface area contributed by atoms with Gasteiger partial charge in [-0.3, -0.25) is 4.90 Å². The lowest BCUT2D eigenvalue weighted by Gasteiger charge is -2.31. The first-order valence-electron chi connectivity index (χ1n) is 11.4. The molecular formula is C27H31N3O2S. The van der Waals surface area contributed by atoms with E-state index in [0.29, 0.717) is 11.7 Å². The van der Waals surface area contributed by atoms with Crippen LogP contribution in [0.15, 0.2) is 78.9 Å². The molecule has 4 rings (SSSR count). The molecule has 0 unspecified atom stereocenters. The molecule has 172 valence electrons. The molecule has 0 atom stereocenters. The van der Waals surface area contributed by atoms with Crippen LogP contribution in [0.2, 0.25) is 0 Å². The molecule has 0 amide bonds. The van der Waals surface area contributed by atoms with E-state index < -0.39 is 0 Å². The maximum atomic E-state index is 5.86. The van der Waals surface area contributed by atoms with Gasteiger partial charge in [0, 0.05) is 44.0 Å². The van der Waals surface area contributed by atoms with Crippen molar-refractivity contribution in [3.63, 3.8) is 0 Å². The molecule has 3 aromatic rings. The third kappa shape index (κ3) is 6.54. The number of hydrogen-bond acceptors (Lipinski definition) is 4. The van der Waals surface area contributed by atoms with Crippen molar-refractivity contribution < 1.29 is 9.47 Å². The summed E-state index contributed by atoms with van der Waals surface area (Å²) in [5, 5.41) is 4.15. The first-order chi connectivity index (χ1) is 16.2. The van der Waals surface area contributed by atoms with Crippen LogP contribution in [0.4, 0.5) is 5.69 Å². The lowest BCUT2D eigenvalue weighted by Crippen LogP contribution is -2.44. The van der Waals surface area contributed by atoms with Crippen LogP contribution in [0.5, 0.6) is 5.75 Å². The van der Waals surface area contributed by atoms with Crippen LogP contribution in [0.1, 0.15) is 5.56 Å². The van der Waals surface area contributed by atoms with E-state index in [1.54, 1.807) is 7.11 Å². The predicted octanol–water partition coefficient (Wildman–Crippen LogP) is 4.89. The smallest absolute Gasteiger partial charge is 0.173 e. The highest BCUT2D eigenvalue weighted by atomic mass is 32.1. The Bertz CT molecular complexity index is 1020. The van der Waals surface area contributed by atoms with Crippen LogP contribution >= 0.6 is 12.2 Å². The van der Waals surface area contributed by atoms with Crippen molar-refractivity contribution in [1.82, 2.24) is 9.80 Å². The van der Waals surface area contributed by atoms with Crippen molar-refractivity contribution in [2.45, 2.75) is 6.54 Å². The second kappa shape index (κ2) is 11.8. The molecule has 1 fully saturated rings. The van der Waals surface area contributed by atoms with Crippen molar-refractivity contribution in [2.24, 2.45) is 0 Å². The molecule has 6 heteroatoms. The normalized spacial score (nSPS) is 14.0. The van der Waals surface area contributed by atoms with E-state index in [1.807, 2.05) is 24.3 Å². The summed E-state index contributed by atoms with van der Waals surface area (Å²) in [5.41, 5.74) is 4.49. The number of ether oxygens (including phenoxy) is 2. The van der Waals surface area contributed by atoms with Crippen molar-refractivity contribution >= 4 is 23.0 Å². The molecule has 0 aromatic heterocycles. The van der Waals surface area contributed by atoms with Gasteiger partial charge in [0.25, 0.3) is 0 Å². The fraction of sp³-hybridized carbons (Fsp3) is 0.296. The van der Waals surface area contributed by atoms with Gasteiger partial charge < -0.3 is 19.7 Å². The summed E-state index contributed by atoms with van der Waals surface area (Å²) >= 11 is 5.86. The summed E-state index contributed by atoms with van der Waals surface area (Å²) in [6.45, 7) is 5.96. The summed E-state index contributed by atoms with van der Waals surface area (Å²) < 4.78 is 11.1. The quantitative estimate of drug-likeness (QED) is 0.481. The van der Waals surface area contributed by atoms with Crippen molar-refractivity contribution in [3.8, 4) is 16.9 Å². The zero-order chi connectivity index (χ0) is 22.9. The minimum Gasteiger partial charge on any atom is -0.496 e. The fourth-order valence-corrected chi connectivity index (χ4v) is 4.23. The van der Waals surface area contributed by atoms with E-state index in [2.05, 4.69) is 69.7 Å². The minimum atomic E-state index is 0.683. The van der Waals surface area contributed by atoms with Gasteiger partial charge in [0.15, 0.2) is 5.11 Å². The Hall–Kier alpha value is -2.93. The monoisotopic (exact) mass is 461 g/mol. The molecule has 0 saturated carbocycles. The summed E-state index contributed by atoms with van der Waals surface area (Å²) in [7, 11) is 1.71. The van der Waals surface area contributed by atoms with Crippen LogP contribution < -0.4 is 10.1 Å². The number of thiocarbonyl (C=S) groups is 1. The summed E-state index contributed by atoms with van der Waals surface area (Å²) in [5.74, 6) is 0.879. The molecule has 1 aliphatic heterocycles. The van der Waals surface area contributed by atoms with Crippen LogP contribution in [0.25, 0.3) is 11.1 Å². The number of rotatable bonds is 8. The summed E-state index contributed by atoms with van der Waals surface area (Å²) in [6.07, 6.45) is 0.